The third-order valence-electron chi connectivity index (χ3n) is 8.46. The summed E-state index contributed by atoms with van der Waals surface area (Å²) < 4.78 is 1.03. The van der Waals surface area contributed by atoms with Crippen molar-refractivity contribution in [1.82, 2.24) is 20.3 Å². The number of thioether (sulfide) groups is 1. The second-order valence-electron chi connectivity index (χ2n) is 12.4. The number of rotatable bonds is 24. The number of amides is 2. The Balaban J connectivity index is 1.70. The van der Waals surface area contributed by atoms with Crippen molar-refractivity contribution in [3.05, 3.63) is 6.20 Å². The summed E-state index contributed by atoms with van der Waals surface area (Å²) in [6.45, 7) is 4.29. The van der Waals surface area contributed by atoms with Gasteiger partial charge in [0.2, 0.25) is 11.8 Å². The molecule has 0 aromatic carbocycles. The lowest BCUT2D eigenvalue weighted by Crippen LogP contribution is -2.61. The molecular weight excluding hydrogens is 598 g/mol. The smallest absolute Gasteiger partial charge is 0.249 e. The van der Waals surface area contributed by atoms with Gasteiger partial charge in [-0.3, -0.25) is 9.59 Å². The van der Waals surface area contributed by atoms with Crippen molar-refractivity contribution in [3.63, 3.8) is 0 Å². The van der Waals surface area contributed by atoms with Crippen LogP contribution in [0.25, 0.3) is 0 Å². The third kappa shape index (κ3) is 14.3. The lowest BCUT2D eigenvalue weighted by Gasteiger charge is -2.41. The molecule has 1 saturated carbocycles. The number of carbonyl (C=O) groups is 2. The number of carbonyl (C=O) groups excluding carboxylic acids is 2. The molecule has 1 aliphatic rings. The Morgan fingerprint density at radius 2 is 1.24 bits per heavy atom. The molecule has 0 bridgehead atoms. The number of aliphatic hydroxyl groups excluding tert-OH is 5. The maximum atomic E-state index is 13.1. The number of anilines is 1. The van der Waals surface area contributed by atoms with Crippen LogP contribution in [-0.4, -0.2) is 100 Å². The maximum absolute atomic E-state index is 13.1. The Morgan fingerprint density at radius 3 is 1.76 bits per heavy atom. The highest BCUT2D eigenvalue weighted by Gasteiger charge is 2.49. The lowest BCUT2D eigenvalue weighted by atomic mass is 9.83. The molecule has 0 radical (unpaired) electrons. The number of nitrogens with zero attached hydrogens (tertiary/aromatic N) is 3. The summed E-state index contributed by atoms with van der Waals surface area (Å²) in [5.41, 5.74) is 0. The van der Waals surface area contributed by atoms with Gasteiger partial charge < -0.3 is 36.2 Å². The van der Waals surface area contributed by atoms with E-state index in [2.05, 4.69) is 27.9 Å². The van der Waals surface area contributed by atoms with Crippen LogP contribution >= 0.6 is 11.8 Å². The average molecular weight is 658 g/mol. The Hall–Kier alpha value is -1.77. The van der Waals surface area contributed by atoms with Crippen molar-refractivity contribution in [2.24, 2.45) is 0 Å². The highest BCUT2D eigenvalue weighted by molar-refractivity contribution is 7.99. The van der Waals surface area contributed by atoms with Crippen LogP contribution in [0.2, 0.25) is 0 Å². The molecular formula is C32H59N5O7S. The minimum atomic E-state index is -1.73. The monoisotopic (exact) mass is 657 g/mol. The molecule has 0 aliphatic heterocycles. The van der Waals surface area contributed by atoms with Gasteiger partial charge in [0.05, 0.1) is 6.20 Å². The predicted molar refractivity (Wildman–Crippen MR) is 177 cm³/mol. The normalized spacial score (nSPS) is 24.0. The van der Waals surface area contributed by atoms with Gasteiger partial charge in [0, 0.05) is 12.2 Å². The summed E-state index contributed by atoms with van der Waals surface area (Å²) >= 11 is 1.56. The Bertz CT molecular complexity index is 939. The first-order valence-corrected chi connectivity index (χ1v) is 18.4. The van der Waals surface area contributed by atoms with Gasteiger partial charge in [-0.15, -0.1) is 5.10 Å². The molecule has 1 heterocycles. The van der Waals surface area contributed by atoms with E-state index in [1.807, 2.05) is 6.92 Å². The van der Waals surface area contributed by atoms with E-state index in [4.69, 9.17) is 0 Å². The van der Waals surface area contributed by atoms with E-state index in [-0.39, 0.29) is 11.7 Å². The van der Waals surface area contributed by atoms with E-state index in [0.717, 1.165) is 36.1 Å². The molecule has 7 atom stereocenters. The van der Waals surface area contributed by atoms with Gasteiger partial charge >= 0.3 is 0 Å². The van der Waals surface area contributed by atoms with E-state index in [9.17, 15) is 35.1 Å². The number of hydrogen-bond acceptors (Lipinski definition) is 10. The molecule has 1 aromatic rings. The van der Waals surface area contributed by atoms with Crippen molar-refractivity contribution in [2.75, 3.05) is 16.8 Å². The fourth-order valence-corrected chi connectivity index (χ4v) is 6.60. The second-order valence-corrected chi connectivity index (χ2v) is 13.6. The van der Waals surface area contributed by atoms with Gasteiger partial charge in [-0.05, 0) is 18.6 Å². The maximum Gasteiger partial charge on any atom is 0.249 e. The molecule has 2 rings (SSSR count). The van der Waals surface area contributed by atoms with E-state index in [0.29, 0.717) is 12.2 Å². The van der Waals surface area contributed by atoms with Crippen molar-refractivity contribution in [3.8, 4) is 0 Å². The van der Waals surface area contributed by atoms with Crippen LogP contribution in [-0.2, 0) is 9.59 Å². The first kappa shape index (κ1) is 39.4. The summed E-state index contributed by atoms with van der Waals surface area (Å²) in [7, 11) is 0. The SMILES string of the molecule is CCCCCCCCCCCCCCCCCC(=O)N[C@H](CSCCC)C(=O)Nc1cn(C2[C@H](O)[C@H](O)C(O)[C@H](O)[C@H]2O)nn1. The van der Waals surface area contributed by atoms with Gasteiger partial charge in [0.15, 0.2) is 5.82 Å². The zero-order valence-corrected chi connectivity index (χ0v) is 28.2. The average Bonchev–Trinajstić information content (AvgIpc) is 3.48. The molecule has 0 spiro atoms. The molecule has 7 N–H and O–H groups in total. The number of aromatic nitrogens is 3. The van der Waals surface area contributed by atoms with Crippen molar-refractivity contribution in [1.29, 1.82) is 0 Å². The van der Waals surface area contributed by atoms with Crippen LogP contribution in [0.15, 0.2) is 6.20 Å². The Kier molecular flexibility index (Phi) is 19.9. The first-order valence-electron chi connectivity index (χ1n) is 17.2. The number of unbranched alkanes of at least 4 members (excludes halogenated alkanes) is 14. The topological polar surface area (TPSA) is 190 Å². The van der Waals surface area contributed by atoms with Crippen LogP contribution in [0.1, 0.15) is 129 Å². The van der Waals surface area contributed by atoms with Gasteiger partial charge in [-0.2, -0.15) is 11.8 Å². The molecule has 2 unspecified atom stereocenters. The van der Waals surface area contributed by atoms with Gasteiger partial charge in [0.25, 0.3) is 0 Å². The van der Waals surface area contributed by atoms with Crippen LogP contribution in [0.5, 0.6) is 0 Å². The number of nitrogens with one attached hydrogen (secondary N) is 2. The fourth-order valence-electron chi connectivity index (χ4n) is 5.67. The van der Waals surface area contributed by atoms with Gasteiger partial charge in [0.1, 0.15) is 42.6 Å². The third-order valence-corrected chi connectivity index (χ3v) is 9.72. The predicted octanol–water partition coefficient (Wildman–Crippen LogP) is 3.47. The quantitative estimate of drug-likeness (QED) is 0.0811. The standard InChI is InChI=1S/C32H59N5O7S/c1-3-5-6-7-8-9-10-11-12-13-14-15-16-17-18-19-25(38)33-23(22-45-20-4-2)32(44)34-24-21-37(36-35-24)26-27(39)29(41)31(43)30(42)28(26)40/h21,23,26-31,39-43H,3-20,22H2,1-2H3,(H,33,38)(H,34,44)/t23-,26?,27+,28+,29-,30+,31?/m1/s1. The fraction of sp³-hybridized carbons (Fsp3) is 0.875. The molecule has 12 nitrogen and oxygen atoms in total. The zero-order chi connectivity index (χ0) is 33.0. The highest BCUT2D eigenvalue weighted by Crippen LogP contribution is 2.30. The molecule has 1 fully saturated rings. The molecule has 0 saturated heterocycles. The Morgan fingerprint density at radius 1 is 0.756 bits per heavy atom. The lowest BCUT2D eigenvalue weighted by molar-refractivity contribution is -0.200. The molecule has 1 aromatic heterocycles. The minimum absolute atomic E-state index is 0.0108. The summed E-state index contributed by atoms with van der Waals surface area (Å²) in [6, 6.07) is -2.10. The molecule has 1 aliphatic carbocycles. The Labute approximate surface area is 273 Å². The molecule has 13 heteroatoms. The second kappa shape index (κ2) is 22.7. The largest absolute Gasteiger partial charge is 0.388 e. The highest BCUT2D eigenvalue weighted by atomic mass is 32.2. The van der Waals surface area contributed by atoms with E-state index in [1.165, 1.54) is 83.2 Å². The van der Waals surface area contributed by atoms with E-state index in [1.54, 1.807) is 11.8 Å². The summed E-state index contributed by atoms with van der Waals surface area (Å²) in [4.78, 5) is 25.8. The first-order chi connectivity index (χ1) is 21.7. The molecule has 2 amide bonds. The zero-order valence-electron chi connectivity index (χ0n) is 27.4. The minimum Gasteiger partial charge on any atom is -0.388 e. The summed E-state index contributed by atoms with van der Waals surface area (Å²) in [5.74, 6) is 0.574. The number of hydrogen-bond donors (Lipinski definition) is 7. The van der Waals surface area contributed by atoms with Crippen LogP contribution in [0.3, 0.4) is 0 Å². The van der Waals surface area contributed by atoms with Crippen LogP contribution in [0, 0.1) is 0 Å². The van der Waals surface area contributed by atoms with E-state index < -0.39 is 48.5 Å². The van der Waals surface area contributed by atoms with Crippen LogP contribution in [0.4, 0.5) is 5.82 Å². The van der Waals surface area contributed by atoms with Crippen LogP contribution < -0.4 is 10.6 Å². The van der Waals surface area contributed by atoms with E-state index >= 15 is 0 Å². The van der Waals surface area contributed by atoms with Crippen molar-refractivity contribution < 1.29 is 35.1 Å². The summed E-state index contributed by atoms with van der Waals surface area (Å²) in [6.07, 6.45) is 12.9. The van der Waals surface area contributed by atoms with Crippen molar-refractivity contribution in [2.45, 2.75) is 166 Å². The molecule has 260 valence electrons. The summed E-state index contributed by atoms with van der Waals surface area (Å²) in [5, 5.41) is 63.7. The molecule has 45 heavy (non-hydrogen) atoms. The van der Waals surface area contributed by atoms with Crippen molar-refractivity contribution >= 4 is 29.4 Å². The number of aliphatic hydroxyl groups is 5. The van der Waals surface area contributed by atoms with Gasteiger partial charge in [-0.25, -0.2) is 4.68 Å². The van der Waals surface area contributed by atoms with Gasteiger partial charge in [-0.1, -0.05) is 109 Å².